The van der Waals surface area contributed by atoms with Gasteiger partial charge in [-0.25, -0.2) is 4.79 Å². The molecule has 0 aromatic heterocycles. The summed E-state index contributed by atoms with van der Waals surface area (Å²) < 4.78 is 0. The topological polar surface area (TPSA) is 82.6 Å². The molecule has 0 spiro atoms. The largest absolute Gasteiger partial charge is 0.352 e. The van der Waals surface area contributed by atoms with Gasteiger partial charge in [-0.3, -0.25) is 4.79 Å². The van der Waals surface area contributed by atoms with Crippen LogP contribution in [0.15, 0.2) is 29.3 Å². The van der Waals surface area contributed by atoms with Crippen molar-refractivity contribution in [3.63, 3.8) is 0 Å². The van der Waals surface area contributed by atoms with Crippen molar-refractivity contribution in [2.75, 3.05) is 5.75 Å². The predicted molar refractivity (Wildman–Crippen MR) is 107 cm³/mol. The Morgan fingerprint density at radius 2 is 2.12 bits per heavy atom. The van der Waals surface area contributed by atoms with E-state index in [2.05, 4.69) is 38.3 Å². The van der Waals surface area contributed by atoms with Crippen LogP contribution in [0.1, 0.15) is 31.2 Å². The third kappa shape index (κ3) is 5.06. The fourth-order valence-corrected chi connectivity index (χ4v) is 4.95. The second kappa shape index (κ2) is 9.16. The van der Waals surface area contributed by atoms with Gasteiger partial charge in [0.25, 0.3) is 0 Å². The highest BCUT2D eigenvalue weighted by Crippen LogP contribution is 2.33. The van der Waals surface area contributed by atoms with Gasteiger partial charge in [0.05, 0.1) is 22.9 Å². The lowest BCUT2D eigenvalue weighted by Gasteiger charge is -2.16. The Labute approximate surface area is 162 Å². The van der Waals surface area contributed by atoms with Crippen LogP contribution in [0.25, 0.3) is 0 Å². The molecule has 8 heteroatoms. The van der Waals surface area contributed by atoms with E-state index in [0.717, 1.165) is 36.3 Å². The molecule has 3 N–H and O–H groups in total. The van der Waals surface area contributed by atoms with Gasteiger partial charge in [0, 0.05) is 24.0 Å². The number of unbranched alkanes of at least 4 members (excludes halogenated alkanes) is 1. The first-order chi connectivity index (χ1) is 12.7. The molecule has 0 bridgehead atoms. The van der Waals surface area contributed by atoms with Crippen LogP contribution in [0.4, 0.5) is 10.5 Å². The van der Waals surface area contributed by atoms with E-state index in [4.69, 9.17) is 0 Å². The number of hydrogen-bond acceptors (Lipinski definition) is 5. The van der Waals surface area contributed by atoms with Crippen LogP contribution in [0.5, 0.6) is 0 Å². The molecule has 1 unspecified atom stereocenters. The minimum absolute atomic E-state index is 0.0493. The number of fused-ring (bicyclic) bond motifs is 1. The summed E-state index contributed by atoms with van der Waals surface area (Å²) in [5, 5.41) is 11.7. The Morgan fingerprint density at radius 3 is 2.88 bits per heavy atom. The Morgan fingerprint density at radius 1 is 1.31 bits per heavy atom. The van der Waals surface area contributed by atoms with E-state index in [1.165, 1.54) is 0 Å². The summed E-state index contributed by atoms with van der Waals surface area (Å²) in [7, 11) is 0. The maximum Gasteiger partial charge on any atom is 0.315 e. The van der Waals surface area contributed by atoms with E-state index in [1.54, 1.807) is 0 Å². The number of thiocarbonyl (C=S) groups is 1. The molecule has 0 saturated carbocycles. The number of aliphatic imine (C=N–C) groups is 1. The third-order valence-corrected chi connectivity index (χ3v) is 6.28. The SMILES string of the molecule is O=C(CCCCC1SC[C@@H]2NC(=O)N[C@H]12)NCc1ccc(N=C=S)cc1. The van der Waals surface area contributed by atoms with Crippen LogP contribution in [-0.2, 0) is 11.3 Å². The molecule has 2 fully saturated rings. The first kappa shape index (κ1) is 18.9. The van der Waals surface area contributed by atoms with Gasteiger partial charge in [0.2, 0.25) is 5.91 Å². The molecule has 1 aromatic carbocycles. The molecule has 138 valence electrons. The zero-order valence-corrected chi connectivity index (χ0v) is 16.0. The summed E-state index contributed by atoms with van der Waals surface area (Å²) in [6, 6.07) is 8.00. The van der Waals surface area contributed by atoms with Crippen molar-refractivity contribution in [3.8, 4) is 0 Å². The van der Waals surface area contributed by atoms with Gasteiger partial charge in [-0.05, 0) is 42.8 Å². The van der Waals surface area contributed by atoms with Crippen LogP contribution in [0, 0.1) is 0 Å². The molecule has 0 radical (unpaired) electrons. The second-order valence-corrected chi connectivity index (χ2v) is 7.97. The molecule has 2 saturated heterocycles. The smallest absolute Gasteiger partial charge is 0.315 e. The Hall–Kier alpha value is -1.89. The van der Waals surface area contributed by atoms with Crippen LogP contribution in [-0.4, -0.2) is 40.2 Å². The van der Waals surface area contributed by atoms with E-state index >= 15 is 0 Å². The number of thioether (sulfide) groups is 1. The summed E-state index contributed by atoms with van der Waals surface area (Å²) >= 11 is 6.48. The standard InChI is InChI=1S/C18H22N4O2S2/c23-16(19-9-12-5-7-13(8-6-12)20-11-25)4-2-1-3-15-17-14(10-26-15)21-18(24)22-17/h5-8,14-15,17H,1-4,9-10H2,(H,19,23)(H2,21,22,24)/t14-,15?,17-/m0/s1. The molecule has 6 nitrogen and oxygen atoms in total. The maximum absolute atomic E-state index is 12.0. The molecule has 3 rings (SSSR count). The molecule has 3 amide bonds. The van der Waals surface area contributed by atoms with Crippen molar-refractivity contribution in [3.05, 3.63) is 29.8 Å². The number of nitrogens with zero attached hydrogens (tertiary/aromatic N) is 1. The average Bonchev–Trinajstić information content (AvgIpc) is 3.18. The van der Waals surface area contributed by atoms with Crippen molar-refractivity contribution >= 4 is 46.8 Å². The minimum atomic E-state index is -0.0493. The number of urea groups is 1. The number of rotatable bonds is 8. The van der Waals surface area contributed by atoms with E-state index in [1.807, 2.05) is 36.0 Å². The molecule has 26 heavy (non-hydrogen) atoms. The van der Waals surface area contributed by atoms with Crippen molar-refractivity contribution in [1.29, 1.82) is 0 Å². The van der Waals surface area contributed by atoms with Crippen molar-refractivity contribution in [2.45, 2.75) is 49.6 Å². The Kier molecular flexibility index (Phi) is 6.66. The normalized spacial score (nSPS) is 23.5. The summed E-state index contributed by atoms with van der Waals surface area (Å²) in [5.74, 6) is 1.04. The van der Waals surface area contributed by atoms with E-state index in [0.29, 0.717) is 18.2 Å². The molecule has 2 aliphatic rings. The third-order valence-electron chi connectivity index (χ3n) is 4.68. The van der Waals surface area contributed by atoms with E-state index in [9.17, 15) is 9.59 Å². The van der Waals surface area contributed by atoms with E-state index < -0.39 is 0 Å². The molecule has 1 aromatic rings. The first-order valence-electron chi connectivity index (χ1n) is 8.78. The van der Waals surface area contributed by atoms with Gasteiger partial charge in [-0.15, -0.1) is 0 Å². The number of benzene rings is 1. The van der Waals surface area contributed by atoms with Crippen molar-refractivity contribution in [1.82, 2.24) is 16.0 Å². The minimum Gasteiger partial charge on any atom is -0.352 e. The van der Waals surface area contributed by atoms with E-state index in [-0.39, 0.29) is 24.0 Å². The van der Waals surface area contributed by atoms with Crippen LogP contribution < -0.4 is 16.0 Å². The number of carbonyl (C=O) groups excluding carboxylic acids is 2. The summed E-state index contributed by atoms with van der Waals surface area (Å²) in [4.78, 5) is 27.2. The lowest BCUT2D eigenvalue weighted by atomic mass is 10.0. The number of amides is 3. The summed E-state index contributed by atoms with van der Waals surface area (Å²) in [6.45, 7) is 0.514. The average molecular weight is 391 g/mol. The zero-order valence-electron chi connectivity index (χ0n) is 14.4. The highest BCUT2D eigenvalue weighted by molar-refractivity contribution is 8.00. The fourth-order valence-electron chi connectivity index (χ4n) is 3.30. The van der Waals surface area contributed by atoms with Gasteiger partial charge in [0.1, 0.15) is 0 Å². The lowest BCUT2D eigenvalue weighted by molar-refractivity contribution is -0.121. The molecular weight excluding hydrogens is 368 g/mol. The van der Waals surface area contributed by atoms with Crippen LogP contribution >= 0.6 is 24.0 Å². The van der Waals surface area contributed by atoms with Gasteiger partial charge >= 0.3 is 6.03 Å². The van der Waals surface area contributed by atoms with Gasteiger partial charge in [-0.2, -0.15) is 16.8 Å². The highest BCUT2D eigenvalue weighted by Gasteiger charge is 2.42. The maximum atomic E-state index is 12.0. The molecule has 2 aliphatic heterocycles. The molecule has 0 aliphatic carbocycles. The number of hydrogen-bond donors (Lipinski definition) is 3. The monoisotopic (exact) mass is 390 g/mol. The molecule has 2 heterocycles. The van der Waals surface area contributed by atoms with Gasteiger partial charge in [-0.1, -0.05) is 18.6 Å². The summed E-state index contributed by atoms with van der Waals surface area (Å²) in [5.41, 5.74) is 1.79. The Bertz CT molecular complexity index is 704. The Balaban J connectivity index is 1.31. The highest BCUT2D eigenvalue weighted by atomic mass is 32.2. The van der Waals surface area contributed by atoms with Crippen LogP contribution in [0.3, 0.4) is 0 Å². The second-order valence-electron chi connectivity index (χ2n) is 6.51. The van der Waals surface area contributed by atoms with Gasteiger partial charge in [0.15, 0.2) is 0 Å². The molecular formula is C18H22N4O2S2. The lowest BCUT2D eigenvalue weighted by Crippen LogP contribution is -2.36. The predicted octanol–water partition coefficient (Wildman–Crippen LogP) is 2.76. The quantitative estimate of drug-likeness (QED) is 0.276. The van der Waals surface area contributed by atoms with Crippen molar-refractivity contribution in [2.24, 2.45) is 4.99 Å². The number of carbonyl (C=O) groups is 2. The number of nitrogens with one attached hydrogen (secondary N) is 3. The van der Waals surface area contributed by atoms with Crippen molar-refractivity contribution < 1.29 is 9.59 Å². The van der Waals surface area contributed by atoms with Gasteiger partial charge < -0.3 is 16.0 Å². The fraction of sp³-hybridized carbons (Fsp3) is 0.500. The summed E-state index contributed by atoms with van der Waals surface area (Å²) in [6.07, 6.45) is 3.42. The number of isothiocyanates is 1. The van der Waals surface area contributed by atoms with Crippen LogP contribution in [0.2, 0.25) is 0 Å². The molecule has 3 atom stereocenters. The zero-order chi connectivity index (χ0) is 18.4. The first-order valence-corrected chi connectivity index (χ1v) is 10.2.